The summed E-state index contributed by atoms with van der Waals surface area (Å²) >= 11 is 3.00. The Morgan fingerprint density at radius 3 is 2.74 bits per heavy atom. The number of amides is 1. The summed E-state index contributed by atoms with van der Waals surface area (Å²) in [7, 11) is 1.69. The van der Waals surface area contributed by atoms with Gasteiger partial charge in [-0.15, -0.1) is 11.3 Å². The highest BCUT2D eigenvalue weighted by molar-refractivity contribution is 8.01. The van der Waals surface area contributed by atoms with Crippen molar-refractivity contribution in [2.75, 3.05) is 12.8 Å². The Kier molecular flexibility index (Phi) is 4.93. The highest BCUT2D eigenvalue weighted by Crippen LogP contribution is 2.29. The number of hydrogen-bond donors (Lipinski definition) is 0. The van der Waals surface area contributed by atoms with Gasteiger partial charge in [0.05, 0.1) is 16.0 Å². The Balaban J connectivity index is 1.59. The van der Waals surface area contributed by atoms with Gasteiger partial charge in [0, 0.05) is 19.2 Å². The minimum absolute atomic E-state index is 0.0440. The van der Waals surface area contributed by atoms with Crippen LogP contribution in [0.2, 0.25) is 0 Å². The second kappa shape index (κ2) is 7.10. The lowest BCUT2D eigenvalue weighted by Gasteiger charge is -2.17. The predicted molar refractivity (Wildman–Crippen MR) is 93.2 cm³/mol. The van der Waals surface area contributed by atoms with Crippen LogP contribution in [0, 0.1) is 5.82 Å². The van der Waals surface area contributed by atoms with E-state index in [0.717, 1.165) is 14.6 Å². The first kappa shape index (κ1) is 16.0. The van der Waals surface area contributed by atoms with Gasteiger partial charge >= 0.3 is 0 Å². The molecule has 0 bridgehead atoms. The van der Waals surface area contributed by atoms with Crippen LogP contribution in [0.4, 0.5) is 4.39 Å². The molecule has 1 amide bonds. The fourth-order valence-corrected chi connectivity index (χ4v) is 4.13. The molecule has 0 unspecified atom stereocenters. The standard InChI is InChI=1S/C17H15FN2OS2/c1-20(10-12-6-2-3-7-13(12)18)16(21)11-22-17-19-14-8-4-5-9-15(14)23-17/h2-9H,10-11H2,1H3. The van der Waals surface area contributed by atoms with Crippen LogP contribution < -0.4 is 0 Å². The number of rotatable bonds is 5. The molecule has 3 aromatic rings. The quantitative estimate of drug-likeness (QED) is 0.650. The molecule has 3 rings (SSSR count). The van der Waals surface area contributed by atoms with Crippen molar-refractivity contribution in [1.29, 1.82) is 0 Å². The lowest BCUT2D eigenvalue weighted by molar-refractivity contribution is -0.127. The molecule has 0 aliphatic carbocycles. The van der Waals surface area contributed by atoms with Crippen molar-refractivity contribution in [3.63, 3.8) is 0 Å². The molecule has 23 heavy (non-hydrogen) atoms. The summed E-state index contributed by atoms with van der Waals surface area (Å²) in [6.07, 6.45) is 0. The fourth-order valence-electron chi connectivity index (χ4n) is 2.12. The Morgan fingerprint density at radius 1 is 1.22 bits per heavy atom. The third kappa shape index (κ3) is 3.89. The number of thioether (sulfide) groups is 1. The van der Waals surface area contributed by atoms with Crippen LogP contribution in [-0.2, 0) is 11.3 Å². The zero-order valence-electron chi connectivity index (χ0n) is 12.5. The molecule has 1 aromatic heterocycles. The first-order chi connectivity index (χ1) is 11.1. The minimum Gasteiger partial charge on any atom is -0.341 e. The molecule has 0 aliphatic heterocycles. The highest BCUT2D eigenvalue weighted by Gasteiger charge is 2.13. The summed E-state index contributed by atoms with van der Waals surface area (Å²) in [5.41, 5.74) is 1.47. The molecule has 6 heteroatoms. The number of para-hydroxylation sites is 1. The van der Waals surface area contributed by atoms with E-state index >= 15 is 0 Å². The van der Waals surface area contributed by atoms with Crippen molar-refractivity contribution >= 4 is 39.2 Å². The smallest absolute Gasteiger partial charge is 0.233 e. The van der Waals surface area contributed by atoms with Crippen LogP contribution in [0.15, 0.2) is 52.9 Å². The first-order valence-corrected chi connectivity index (χ1v) is 8.89. The molecule has 0 atom stereocenters. The van der Waals surface area contributed by atoms with E-state index in [4.69, 9.17) is 0 Å². The van der Waals surface area contributed by atoms with Crippen molar-refractivity contribution < 1.29 is 9.18 Å². The van der Waals surface area contributed by atoms with E-state index in [1.165, 1.54) is 17.8 Å². The Morgan fingerprint density at radius 2 is 1.96 bits per heavy atom. The molecular formula is C17H15FN2OS2. The van der Waals surface area contributed by atoms with Crippen LogP contribution in [0.3, 0.4) is 0 Å². The molecule has 0 spiro atoms. The monoisotopic (exact) mass is 346 g/mol. The number of thiazole rings is 1. The van der Waals surface area contributed by atoms with Gasteiger partial charge in [-0.2, -0.15) is 0 Å². The third-order valence-corrected chi connectivity index (χ3v) is 5.55. The number of carbonyl (C=O) groups is 1. The van der Waals surface area contributed by atoms with Gasteiger partial charge in [-0.1, -0.05) is 42.1 Å². The molecule has 2 aromatic carbocycles. The van der Waals surface area contributed by atoms with Crippen LogP contribution in [-0.4, -0.2) is 28.6 Å². The minimum atomic E-state index is -0.286. The zero-order valence-corrected chi connectivity index (χ0v) is 14.2. The molecule has 0 saturated heterocycles. The number of fused-ring (bicyclic) bond motifs is 1. The normalized spacial score (nSPS) is 10.9. The maximum absolute atomic E-state index is 13.6. The Hall–Kier alpha value is -1.92. The van der Waals surface area contributed by atoms with Gasteiger partial charge in [0.1, 0.15) is 5.82 Å². The zero-order chi connectivity index (χ0) is 16.2. The fraction of sp³-hybridized carbons (Fsp3) is 0.176. The average Bonchev–Trinajstić information content (AvgIpc) is 2.97. The van der Waals surface area contributed by atoms with E-state index in [1.54, 1.807) is 41.5 Å². The molecule has 3 nitrogen and oxygen atoms in total. The van der Waals surface area contributed by atoms with Crippen molar-refractivity contribution in [2.45, 2.75) is 10.9 Å². The highest BCUT2D eigenvalue weighted by atomic mass is 32.2. The summed E-state index contributed by atoms with van der Waals surface area (Å²) < 4.78 is 15.6. The molecule has 0 radical (unpaired) electrons. The molecule has 1 heterocycles. The molecule has 0 aliphatic rings. The summed E-state index contributed by atoms with van der Waals surface area (Å²) in [6, 6.07) is 14.4. The summed E-state index contributed by atoms with van der Waals surface area (Å²) in [6.45, 7) is 0.270. The Labute approximate surface area is 142 Å². The molecule has 0 saturated carbocycles. The molecular weight excluding hydrogens is 331 g/mol. The van der Waals surface area contributed by atoms with Gasteiger partial charge in [-0.25, -0.2) is 9.37 Å². The average molecular weight is 346 g/mol. The van der Waals surface area contributed by atoms with Crippen molar-refractivity contribution in [1.82, 2.24) is 9.88 Å². The SMILES string of the molecule is CN(Cc1ccccc1F)C(=O)CSc1nc2ccccc2s1. The lowest BCUT2D eigenvalue weighted by Crippen LogP contribution is -2.28. The largest absolute Gasteiger partial charge is 0.341 e. The van der Waals surface area contributed by atoms with E-state index in [9.17, 15) is 9.18 Å². The molecule has 118 valence electrons. The van der Waals surface area contributed by atoms with Gasteiger partial charge in [-0.05, 0) is 18.2 Å². The van der Waals surface area contributed by atoms with E-state index in [-0.39, 0.29) is 18.3 Å². The van der Waals surface area contributed by atoms with Crippen LogP contribution >= 0.6 is 23.1 Å². The number of nitrogens with zero attached hydrogens (tertiary/aromatic N) is 2. The van der Waals surface area contributed by atoms with Crippen LogP contribution in [0.25, 0.3) is 10.2 Å². The maximum atomic E-state index is 13.6. The number of benzene rings is 2. The van der Waals surface area contributed by atoms with Crippen LogP contribution in [0.1, 0.15) is 5.56 Å². The number of hydrogen-bond acceptors (Lipinski definition) is 4. The molecule has 0 N–H and O–H groups in total. The second-order valence-electron chi connectivity index (χ2n) is 5.08. The number of halogens is 1. The molecule has 0 fully saturated rings. The van der Waals surface area contributed by atoms with Crippen molar-refractivity contribution in [3.8, 4) is 0 Å². The maximum Gasteiger partial charge on any atom is 0.233 e. The predicted octanol–water partition coefficient (Wildman–Crippen LogP) is 4.19. The van der Waals surface area contributed by atoms with E-state index in [2.05, 4.69) is 4.98 Å². The third-order valence-electron chi connectivity index (χ3n) is 3.38. The van der Waals surface area contributed by atoms with Crippen LogP contribution in [0.5, 0.6) is 0 Å². The lowest BCUT2D eigenvalue weighted by atomic mass is 10.2. The Bertz CT molecular complexity index is 801. The summed E-state index contributed by atoms with van der Waals surface area (Å²) in [5, 5.41) is 0. The van der Waals surface area contributed by atoms with Crippen molar-refractivity contribution in [3.05, 3.63) is 59.9 Å². The van der Waals surface area contributed by atoms with E-state index in [0.29, 0.717) is 11.3 Å². The summed E-state index contributed by atoms with van der Waals surface area (Å²) in [5.74, 6) is -0.0337. The summed E-state index contributed by atoms with van der Waals surface area (Å²) in [4.78, 5) is 18.2. The van der Waals surface area contributed by atoms with E-state index < -0.39 is 0 Å². The van der Waals surface area contributed by atoms with Gasteiger partial charge in [0.2, 0.25) is 5.91 Å². The van der Waals surface area contributed by atoms with Gasteiger partial charge in [-0.3, -0.25) is 4.79 Å². The topological polar surface area (TPSA) is 33.2 Å². The number of carbonyl (C=O) groups excluding carboxylic acids is 1. The van der Waals surface area contributed by atoms with Gasteiger partial charge < -0.3 is 4.90 Å². The van der Waals surface area contributed by atoms with Crippen molar-refractivity contribution in [2.24, 2.45) is 0 Å². The van der Waals surface area contributed by atoms with E-state index in [1.807, 2.05) is 24.3 Å². The number of aromatic nitrogens is 1. The van der Waals surface area contributed by atoms with Gasteiger partial charge in [0.25, 0.3) is 0 Å². The second-order valence-corrected chi connectivity index (χ2v) is 7.33. The van der Waals surface area contributed by atoms with Gasteiger partial charge in [0.15, 0.2) is 4.34 Å². The first-order valence-electron chi connectivity index (χ1n) is 7.09.